The quantitative estimate of drug-likeness (QED) is 0.372. The van der Waals surface area contributed by atoms with E-state index in [1.54, 1.807) is 12.2 Å². The maximum atomic E-state index is 13.5. The normalized spacial score (nSPS) is 31.9. The number of nitrogens with zero attached hydrogens (tertiary/aromatic N) is 3. The van der Waals surface area contributed by atoms with E-state index in [0.29, 0.717) is 43.4 Å². The lowest BCUT2D eigenvalue weighted by molar-refractivity contribution is -0.136. The van der Waals surface area contributed by atoms with Crippen molar-refractivity contribution in [3.63, 3.8) is 0 Å². The van der Waals surface area contributed by atoms with Crippen LogP contribution < -0.4 is 0 Å². The molecule has 6 nitrogen and oxygen atoms in total. The van der Waals surface area contributed by atoms with Gasteiger partial charge in [-0.2, -0.15) is 5.26 Å². The topological polar surface area (TPSA) is 96.0 Å². The summed E-state index contributed by atoms with van der Waals surface area (Å²) >= 11 is 1.45. The van der Waals surface area contributed by atoms with Gasteiger partial charge in [0.25, 0.3) is 0 Å². The van der Waals surface area contributed by atoms with E-state index in [2.05, 4.69) is 26.8 Å². The Balaban J connectivity index is 1.34. The second kappa shape index (κ2) is 11.1. The molecule has 1 aromatic heterocycles. The minimum Gasteiger partial charge on any atom is -0.393 e. The van der Waals surface area contributed by atoms with E-state index in [1.807, 2.05) is 34.9 Å². The number of carbonyl (C=O) groups is 2. The van der Waals surface area contributed by atoms with E-state index >= 15 is 0 Å². The number of imidazole rings is 1. The third-order valence-electron chi connectivity index (χ3n) is 9.63. The van der Waals surface area contributed by atoms with Crippen molar-refractivity contribution in [1.29, 1.82) is 5.26 Å². The van der Waals surface area contributed by atoms with E-state index in [-0.39, 0.29) is 28.3 Å². The van der Waals surface area contributed by atoms with Crippen LogP contribution in [0.3, 0.4) is 0 Å². The number of thioether (sulfide) groups is 1. The molecule has 0 radical (unpaired) electrons. The lowest BCUT2D eigenvalue weighted by Crippen LogP contribution is -2.56. The van der Waals surface area contributed by atoms with Crippen LogP contribution in [0, 0.1) is 39.9 Å². The van der Waals surface area contributed by atoms with Gasteiger partial charge in [-0.05, 0) is 67.2 Å². The van der Waals surface area contributed by atoms with Crippen molar-refractivity contribution in [3.05, 3.63) is 48.1 Å². The second-order valence-electron chi connectivity index (χ2n) is 12.2. The number of aliphatic hydroxyl groups is 1. The highest BCUT2D eigenvalue weighted by atomic mass is 32.2. The average Bonchev–Trinajstić information content (AvgIpc) is 3.25. The van der Waals surface area contributed by atoms with Gasteiger partial charge in [-0.25, -0.2) is 4.98 Å². The van der Waals surface area contributed by atoms with Crippen LogP contribution in [0.2, 0.25) is 0 Å². The summed E-state index contributed by atoms with van der Waals surface area (Å²) < 4.78 is 2.04. The zero-order valence-electron chi connectivity index (χ0n) is 23.2. The number of hydrogen-bond acceptors (Lipinski definition) is 6. The lowest BCUT2D eigenvalue weighted by atomic mass is 9.46. The highest BCUT2D eigenvalue weighted by Crippen LogP contribution is 2.62. The molecule has 1 N–H and O–H groups in total. The Morgan fingerprint density at radius 2 is 2.10 bits per heavy atom. The fourth-order valence-corrected chi connectivity index (χ4v) is 8.93. The monoisotopic (exact) mass is 545 g/mol. The summed E-state index contributed by atoms with van der Waals surface area (Å²) in [4.78, 5) is 30.4. The number of Topliss-reactive ketones (excluding diaryl/α,β-unsaturated/α-hetero) is 1. The Hall–Kier alpha value is -2.69. The van der Waals surface area contributed by atoms with Crippen molar-refractivity contribution in [2.24, 2.45) is 28.6 Å². The largest absolute Gasteiger partial charge is 0.393 e. The van der Waals surface area contributed by atoms with Gasteiger partial charge in [-0.1, -0.05) is 62.7 Å². The maximum Gasteiger partial charge on any atom is 0.178 e. The van der Waals surface area contributed by atoms with Crippen molar-refractivity contribution in [3.8, 4) is 6.07 Å². The number of aliphatic hydroxyl groups excluding tert-OH is 1. The van der Waals surface area contributed by atoms with Crippen LogP contribution in [-0.4, -0.2) is 38.1 Å². The SMILES string of the molecule is CCCC1C2CCC3=CC(=O)C=CC3(C)C2[C@@H](O)CC1(C)CC(=O)CSc1nc2ccccc2n1CCC#N. The van der Waals surface area contributed by atoms with E-state index in [0.717, 1.165) is 47.4 Å². The molecule has 2 aromatic rings. The molecule has 0 amide bonds. The molecule has 1 aromatic carbocycles. The summed E-state index contributed by atoms with van der Waals surface area (Å²) in [5, 5.41) is 21.5. The molecular weight excluding hydrogens is 506 g/mol. The van der Waals surface area contributed by atoms with Gasteiger partial charge in [0.1, 0.15) is 5.78 Å². The zero-order valence-corrected chi connectivity index (χ0v) is 24.0. The first-order valence-electron chi connectivity index (χ1n) is 14.3. The molecule has 0 aliphatic heterocycles. The molecule has 206 valence electrons. The first-order chi connectivity index (χ1) is 18.7. The Bertz CT molecular complexity index is 1370. The molecule has 2 saturated carbocycles. The van der Waals surface area contributed by atoms with E-state index < -0.39 is 6.10 Å². The zero-order chi connectivity index (χ0) is 27.8. The molecule has 3 aliphatic carbocycles. The maximum absolute atomic E-state index is 13.5. The number of carbonyl (C=O) groups excluding carboxylic acids is 2. The van der Waals surface area contributed by atoms with Gasteiger partial charge >= 0.3 is 0 Å². The van der Waals surface area contributed by atoms with Crippen molar-refractivity contribution < 1.29 is 14.7 Å². The molecule has 5 unspecified atom stereocenters. The first kappa shape index (κ1) is 27.9. The third kappa shape index (κ3) is 5.14. The molecule has 39 heavy (non-hydrogen) atoms. The van der Waals surface area contributed by atoms with E-state index in [1.165, 1.54) is 11.8 Å². The Morgan fingerprint density at radius 3 is 2.87 bits per heavy atom. The van der Waals surface area contributed by atoms with E-state index in [9.17, 15) is 14.7 Å². The number of aromatic nitrogens is 2. The molecule has 3 aliphatic rings. The van der Waals surface area contributed by atoms with Gasteiger partial charge < -0.3 is 9.67 Å². The molecular formula is C32H39N3O3S. The van der Waals surface area contributed by atoms with Crippen LogP contribution in [0.1, 0.15) is 65.7 Å². The molecule has 1 heterocycles. The number of ketones is 2. The minimum absolute atomic E-state index is 0.0467. The first-order valence-corrected chi connectivity index (χ1v) is 15.3. The summed E-state index contributed by atoms with van der Waals surface area (Å²) in [6.07, 6.45) is 10.3. The number of benzene rings is 1. The predicted molar refractivity (Wildman–Crippen MR) is 154 cm³/mol. The highest BCUT2D eigenvalue weighted by Gasteiger charge is 2.57. The molecule has 0 spiro atoms. The second-order valence-corrected chi connectivity index (χ2v) is 13.1. The Kier molecular flexibility index (Phi) is 7.90. The van der Waals surface area contributed by atoms with Crippen molar-refractivity contribution in [1.82, 2.24) is 9.55 Å². The molecule has 0 bridgehead atoms. The van der Waals surface area contributed by atoms with Crippen LogP contribution in [-0.2, 0) is 16.1 Å². The van der Waals surface area contributed by atoms with Crippen LogP contribution in [0.4, 0.5) is 0 Å². The smallest absolute Gasteiger partial charge is 0.178 e. The van der Waals surface area contributed by atoms with Crippen molar-refractivity contribution >= 4 is 34.4 Å². The number of para-hydroxylation sites is 2. The Morgan fingerprint density at radius 1 is 1.31 bits per heavy atom. The van der Waals surface area contributed by atoms with Gasteiger partial charge in [-0.15, -0.1) is 0 Å². The number of fused-ring (bicyclic) bond motifs is 4. The average molecular weight is 546 g/mol. The standard InChI is InChI=1S/C32H39N3O3S/c1-4-8-25-24-12-11-21-17-22(36)13-14-32(21,3)29(24)28(38)19-31(25,2)18-23(37)20-39-30-34-26-9-5-6-10-27(26)35(30)16-7-15-33/h5-6,9-10,13-14,17,24-25,28-29,38H,4,7-8,11-12,16,18-20H2,1-3H3/t24?,25?,28-,29?,31?,32?/m0/s1. The van der Waals surface area contributed by atoms with Gasteiger partial charge in [0.2, 0.25) is 0 Å². The molecule has 6 atom stereocenters. The van der Waals surface area contributed by atoms with Gasteiger partial charge in [0.05, 0.1) is 35.4 Å². The molecule has 0 saturated heterocycles. The van der Waals surface area contributed by atoms with Crippen LogP contribution >= 0.6 is 11.8 Å². The number of rotatable bonds is 9. The Labute approximate surface area is 235 Å². The van der Waals surface area contributed by atoms with Crippen molar-refractivity contribution in [2.45, 2.75) is 83.5 Å². The third-order valence-corrected chi connectivity index (χ3v) is 10.7. The highest BCUT2D eigenvalue weighted by molar-refractivity contribution is 7.99. The van der Waals surface area contributed by atoms with E-state index in [4.69, 9.17) is 10.2 Å². The molecule has 7 heteroatoms. The van der Waals surface area contributed by atoms with Gasteiger partial charge in [-0.3, -0.25) is 9.59 Å². The predicted octanol–water partition coefficient (Wildman–Crippen LogP) is 6.29. The number of hydrogen-bond donors (Lipinski definition) is 1. The summed E-state index contributed by atoms with van der Waals surface area (Å²) in [5.41, 5.74) is 2.43. The number of nitriles is 1. The fourth-order valence-electron chi connectivity index (χ4n) is 8.02. The van der Waals surface area contributed by atoms with Crippen molar-refractivity contribution in [2.75, 3.05) is 5.75 Å². The van der Waals surface area contributed by atoms with Gasteiger partial charge in [0, 0.05) is 24.3 Å². The fraction of sp³-hybridized carbons (Fsp3) is 0.562. The minimum atomic E-state index is -0.518. The lowest BCUT2D eigenvalue weighted by Gasteiger charge is -2.59. The molecule has 2 fully saturated rings. The summed E-state index contributed by atoms with van der Waals surface area (Å²) in [7, 11) is 0. The summed E-state index contributed by atoms with van der Waals surface area (Å²) in [6, 6.07) is 10.1. The van der Waals surface area contributed by atoms with Crippen LogP contribution in [0.5, 0.6) is 0 Å². The van der Waals surface area contributed by atoms with Gasteiger partial charge in [0.15, 0.2) is 10.9 Å². The van der Waals surface area contributed by atoms with Crippen LogP contribution in [0.25, 0.3) is 11.0 Å². The summed E-state index contributed by atoms with van der Waals surface area (Å²) in [6.45, 7) is 7.16. The number of aryl methyl sites for hydroxylation is 1. The molecule has 5 rings (SSSR count). The summed E-state index contributed by atoms with van der Waals surface area (Å²) in [5.74, 6) is 1.27. The number of allylic oxidation sites excluding steroid dienone is 4. The van der Waals surface area contributed by atoms with Crippen LogP contribution in [0.15, 0.2) is 53.2 Å².